The van der Waals surface area contributed by atoms with Gasteiger partial charge in [-0.1, -0.05) is 74.4 Å². The van der Waals surface area contributed by atoms with Gasteiger partial charge in [-0.05, 0) is 0 Å². The van der Waals surface area contributed by atoms with E-state index in [4.69, 9.17) is 95.3 Å². The van der Waals surface area contributed by atoms with E-state index in [9.17, 15) is 14.4 Å². The monoisotopic (exact) mass is 915 g/mol. The summed E-state index contributed by atoms with van der Waals surface area (Å²) in [7, 11) is 0. The standard InChI is InChI=1S/C12H8ClNO3.C9H6ClNO3.C6H4ClNO3.C3H3Br.CH2O3.2K.Li.H2O.H/c1-3-5-16-9-7-10(13)11(14-8-9)12(15)17-6-4-2;1-2-3-14-6-4-7(10)8(9(12)13)11-5-6;7-4-1-3(9)2-8-5(4)6(10)11;1-2-3-4;2-1-4-3;;;;;/h1-2,7-8H,5-6H2;1,4-5H,3H2,(H,12,13);1-2,9H,(H,10,11);1H,3H2;1,3H;;;;1H2;/q;;;;;3*+1;;-1/p-2. The predicted octanol–water partition coefficient (Wildman–Crippen LogP) is -5.48. The minimum Gasteiger partial charge on any atom is -1.00 e. The fourth-order valence-electron chi connectivity index (χ4n) is 2.32. The van der Waals surface area contributed by atoms with Gasteiger partial charge < -0.3 is 46.6 Å². The topological polar surface area (TPSA) is 258 Å². The van der Waals surface area contributed by atoms with Crippen molar-refractivity contribution in [3.63, 3.8) is 0 Å². The van der Waals surface area contributed by atoms with E-state index in [1.165, 1.54) is 24.5 Å². The van der Waals surface area contributed by atoms with Crippen LogP contribution in [0.2, 0.25) is 15.1 Å². The minimum absolute atomic E-state index is 0. The van der Waals surface area contributed by atoms with E-state index >= 15 is 0 Å². The molecule has 3 rings (SSSR count). The molecule has 272 valence electrons. The first-order valence-corrected chi connectivity index (χ1v) is 14.6. The van der Waals surface area contributed by atoms with Gasteiger partial charge in [0.15, 0.2) is 23.7 Å². The number of alkyl halides is 1. The second kappa shape index (κ2) is 40.8. The van der Waals surface area contributed by atoms with E-state index in [0.717, 1.165) is 12.3 Å². The number of nitrogens with zero attached hydrogens (tertiary/aromatic N) is 3. The molecule has 3 heterocycles. The van der Waals surface area contributed by atoms with E-state index in [2.05, 4.69) is 64.2 Å². The smallest absolute Gasteiger partial charge is 1.00 e. The number of aromatic nitrogens is 3. The SMILES string of the molecule is C#CCBr.C#CCOC(=O)c1ncc(OCC#C)cc1Cl.C#CCOc1cnc(C(=O)O)c(Cl)c1.O=C(O)c1ncc(O)cc1Cl.O=CO[O-].[H-].[K+].[K+].[Li+].[OH-]. The molecule has 23 heteroatoms. The van der Waals surface area contributed by atoms with Gasteiger partial charge in [0.25, 0.3) is 6.47 Å². The largest absolute Gasteiger partial charge is 1.00 e. The number of carbonyl (C=O) groups excluding carboxylic acids is 2. The summed E-state index contributed by atoms with van der Waals surface area (Å²) in [5, 5.41) is 35.0. The average molecular weight is 918 g/mol. The van der Waals surface area contributed by atoms with E-state index < -0.39 is 17.9 Å². The Bertz CT molecular complexity index is 1780. The molecule has 16 nitrogen and oxygen atoms in total. The van der Waals surface area contributed by atoms with Crippen LogP contribution in [0, 0.1) is 49.4 Å². The molecule has 0 aliphatic heterocycles. The molecule has 0 saturated carbocycles. The maximum atomic E-state index is 11.4. The number of rotatable bonds is 9. The second-order valence-electron chi connectivity index (χ2n) is 7.43. The number of aromatic carboxylic acids is 2. The van der Waals surface area contributed by atoms with Crippen molar-refractivity contribution in [3.05, 3.63) is 68.9 Å². The molecule has 0 saturated heterocycles. The molecule has 0 unspecified atom stereocenters. The average Bonchev–Trinajstić information content (AvgIpc) is 3.09. The third kappa shape index (κ3) is 30.3. The van der Waals surface area contributed by atoms with E-state index in [0.29, 0.717) is 16.8 Å². The van der Waals surface area contributed by atoms with Gasteiger partial charge in [0.05, 0.1) is 39.0 Å². The number of ether oxygens (including phenoxy) is 3. The van der Waals surface area contributed by atoms with E-state index in [-0.39, 0.29) is 193 Å². The summed E-state index contributed by atoms with van der Waals surface area (Å²) >= 11 is 19.9. The molecule has 0 bridgehead atoms. The molecule has 0 radical (unpaired) electrons. The molecule has 0 atom stereocenters. The number of hydrogen-bond donors (Lipinski definition) is 3. The summed E-state index contributed by atoms with van der Waals surface area (Å²) in [5.41, 5.74) is -0.487. The van der Waals surface area contributed by atoms with Crippen LogP contribution >= 0.6 is 50.7 Å². The fraction of sp³-hybridized carbons (Fsp3) is 0.129. The van der Waals surface area contributed by atoms with E-state index in [1.54, 1.807) is 0 Å². The molecular weight excluding hydrogens is 894 g/mol. The number of aromatic hydroxyl groups is 1. The van der Waals surface area contributed by atoms with Gasteiger partial charge >= 0.3 is 140 Å². The van der Waals surface area contributed by atoms with Gasteiger partial charge in [-0.3, -0.25) is 4.79 Å². The van der Waals surface area contributed by atoms with Crippen molar-refractivity contribution in [2.45, 2.75) is 0 Å². The number of halogens is 4. The van der Waals surface area contributed by atoms with Crippen LogP contribution in [0.4, 0.5) is 0 Å². The number of carboxylic acid groups (broad SMARTS) is 2. The number of esters is 1. The number of hydrogen-bond acceptors (Lipinski definition) is 14. The molecule has 0 fully saturated rings. The van der Waals surface area contributed by atoms with Crippen LogP contribution in [0.15, 0.2) is 36.8 Å². The van der Waals surface area contributed by atoms with Crippen LogP contribution in [-0.4, -0.2) is 85.3 Å². The minimum atomic E-state index is -1.21. The van der Waals surface area contributed by atoms with Crippen molar-refractivity contribution in [1.82, 2.24) is 15.0 Å². The molecule has 0 aromatic carbocycles. The summed E-state index contributed by atoms with van der Waals surface area (Å²) in [6.07, 6.45) is 23.3. The molecule has 0 amide bonds. The van der Waals surface area contributed by atoms with Crippen molar-refractivity contribution >= 4 is 75.1 Å². The molecule has 54 heavy (non-hydrogen) atoms. The number of terminal acetylenes is 4. The normalized spacial score (nSPS) is 7.87. The number of pyridine rings is 3. The zero-order valence-electron chi connectivity index (χ0n) is 29.5. The van der Waals surface area contributed by atoms with E-state index in [1.807, 2.05) is 0 Å². The first kappa shape index (κ1) is 64.0. The number of carboxylic acids is 2. The van der Waals surface area contributed by atoms with Gasteiger partial charge in [0, 0.05) is 18.2 Å². The summed E-state index contributed by atoms with van der Waals surface area (Å²) in [6, 6.07) is 3.91. The van der Waals surface area contributed by atoms with Crippen molar-refractivity contribution < 1.29 is 187 Å². The van der Waals surface area contributed by atoms with Crippen LogP contribution in [0.25, 0.3) is 0 Å². The van der Waals surface area contributed by atoms with Crippen LogP contribution in [0.5, 0.6) is 17.2 Å². The maximum absolute atomic E-state index is 11.4. The quantitative estimate of drug-likeness (QED) is 0.0344. The Labute approximate surface area is 431 Å². The van der Waals surface area contributed by atoms with Crippen LogP contribution in [0.3, 0.4) is 0 Å². The Balaban J connectivity index is -0.000000111. The Morgan fingerprint density at radius 2 is 1.13 bits per heavy atom. The van der Waals surface area contributed by atoms with Gasteiger partial charge in [-0.15, -0.1) is 25.7 Å². The first-order chi connectivity index (χ1) is 23.8. The third-order valence-corrected chi connectivity index (χ3v) is 5.29. The maximum Gasteiger partial charge on any atom is 1.00 e. The molecule has 0 spiro atoms. The predicted molar refractivity (Wildman–Crippen MR) is 184 cm³/mol. The summed E-state index contributed by atoms with van der Waals surface area (Å²) < 4.78 is 14.8. The van der Waals surface area contributed by atoms with Gasteiger partial charge in [0.1, 0.15) is 30.5 Å². The summed E-state index contributed by atoms with van der Waals surface area (Å²) in [6.45, 7) is -0.129. The molecule has 0 aliphatic carbocycles. The molecule has 3 aromatic rings. The van der Waals surface area contributed by atoms with Crippen molar-refractivity contribution in [2.75, 3.05) is 25.2 Å². The molecule has 0 aliphatic rings. The zero-order chi connectivity index (χ0) is 38.5. The van der Waals surface area contributed by atoms with Gasteiger partial charge in [0.2, 0.25) is 0 Å². The second-order valence-corrected chi connectivity index (χ2v) is 9.22. The van der Waals surface area contributed by atoms with Crippen LogP contribution in [0.1, 0.15) is 32.9 Å². The number of carbonyl (C=O) groups is 4. The van der Waals surface area contributed by atoms with Crippen LogP contribution in [-0.2, 0) is 14.4 Å². The molecule has 4 N–H and O–H groups in total. The molecular formula is C31H24BrCl3K2LiN3O13. The summed E-state index contributed by atoms with van der Waals surface area (Å²) in [4.78, 5) is 54.3. The third-order valence-electron chi connectivity index (χ3n) is 4.10. The Morgan fingerprint density at radius 1 is 0.778 bits per heavy atom. The molecule has 3 aromatic heterocycles. The van der Waals surface area contributed by atoms with Crippen molar-refractivity contribution in [1.29, 1.82) is 0 Å². The zero-order valence-corrected chi connectivity index (χ0v) is 38.6. The van der Waals surface area contributed by atoms with Crippen molar-refractivity contribution in [2.24, 2.45) is 0 Å². The van der Waals surface area contributed by atoms with Gasteiger partial charge in [-0.25, -0.2) is 29.3 Å². The van der Waals surface area contributed by atoms with Gasteiger partial charge in [-0.2, -0.15) is 0 Å². The fourth-order valence-corrected chi connectivity index (χ4v) is 3.03. The first-order valence-electron chi connectivity index (χ1n) is 12.3. The summed E-state index contributed by atoms with van der Waals surface area (Å²) in [5.74, 6) is 6.56. The Morgan fingerprint density at radius 3 is 1.43 bits per heavy atom. The Hall–Kier alpha value is -1.89. The van der Waals surface area contributed by atoms with Crippen molar-refractivity contribution in [3.8, 4) is 66.6 Å². The Kier molecular flexibility index (Phi) is 48.3. The van der Waals surface area contributed by atoms with Crippen LogP contribution < -0.4 is 136 Å².